The van der Waals surface area contributed by atoms with Gasteiger partial charge in [-0.3, -0.25) is 9.36 Å². The van der Waals surface area contributed by atoms with Crippen LogP contribution in [0.15, 0.2) is 18.5 Å². The van der Waals surface area contributed by atoms with Crippen molar-refractivity contribution < 1.29 is 0 Å². The molecule has 0 saturated heterocycles. The van der Waals surface area contributed by atoms with Crippen LogP contribution >= 0.6 is 0 Å². The summed E-state index contributed by atoms with van der Waals surface area (Å²) >= 11 is 0. The maximum atomic E-state index is 4.61. The number of rotatable bonds is 5. The van der Waals surface area contributed by atoms with E-state index >= 15 is 0 Å². The maximum Gasteiger partial charge on any atom is 0.0643 e. The van der Waals surface area contributed by atoms with Gasteiger partial charge in [0, 0.05) is 43.0 Å². The lowest BCUT2D eigenvalue weighted by Crippen LogP contribution is -2.20. The van der Waals surface area contributed by atoms with E-state index in [1.807, 2.05) is 35.9 Å². The third-order valence-electron chi connectivity index (χ3n) is 3.60. The molecule has 0 saturated carbocycles. The predicted octanol–water partition coefficient (Wildman–Crippen LogP) is 2.01. The minimum Gasteiger partial charge on any atom is -0.313 e. The Morgan fingerprint density at radius 2 is 2.11 bits per heavy atom. The Bertz CT molecular complexity index is 538. The number of aromatic nitrogens is 4. The third-order valence-corrected chi connectivity index (χ3v) is 3.60. The Balaban J connectivity index is 2.17. The van der Waals surface area contributed by atoms with Crippen molar-refractivity contribution in [2.75, 3.05) is 7.05 Å². The van der Waals surface area contributed by atoms with Crippen molar-refractivity contribution in [1.29, 1.82) is 0 Å². The Kier molecular flexibility index (Phi) is 4.04. The fourth-order valence-electron chi connectivity index (χ4n) is 2.21. The van der Waals surface area contributed by atoms with Crippen LogP contribution < -0.4 is 5.32 Å². The van der Waals surface area contributed by atoms with E-state index < -0.39 is 0 Å². The molecule has 1 unspecified atom stereocenters. The van der Waals surface area contributed by atoms with Crippen molar-refractivity contribution in [2.45, 2.75) is 39.3 Å². The highest BCUT2D eigenvalue weighted by Crippen LogP contribution is 2.20. The molecule has 2 heterocycles. The molecule has 19 heavy (non-hydrogen) atoms. The first kappa shape index (κ1) is 13.8. The highest BCUT2D eigenvalue weighted by Gasteiger charge is 2.17. The van der Waals surface area contributed by atoms with Crippen LogP contribution in [0.5, 0.6) is 0 Å². The smallest absolute Gasteiger partial charge is 0.0643 e. The summed E-state index contributed by atoms with van der Waals surface area (Å²) in [7, 11) is 3.95. The molecule has 0 bridgehead atoms. The van der Waals surface area contributed by atoms with E-state index in [4.69, 9.17) is 0 Å². The highest BCUT2D eigenvalue weighted by molar-refractivity contribution is 5.22. The van der Waals surface area contributed by atoms with Gasteiger partial charge in [-0.1, -0.05) is 0 Å². The van der Waals surface area contributed by atoms with Gasteiger partial charge in [0.15, 0.2) is 0 Å². The van der Waals surface area contributed by atoms with Gasteiger partial charge in [0.1, 0.15) is 0 Å². The Labute approximate surface area is 114 Å². The second-order valence-corrected chi connectivity index (χ2v) is 5.24. The van der Waals surface area contributed by atoms with Crippen LogP contribution in [-0.2, 0) is 13.5 Å². The normalized spacial score (nSPS) is 13.2. The Morgan fingerprint density at radius 1 is 1.37 bits per heavy atom. The van der Waals surface area contributed by atoms with Gasteiger partial charge in [-0.2, -0.15) is 10.2 Å². The average molecular weight is 261 g/mol. The van der Waals surface area contributed by atoms with Crippen LogP contribution in [0, 0.1) is 6.92 Å². The molecule has 0 aliphatic carbocycles. The van der Waals surface area contributed by atoms with Crippen LogP contribution in [0.4, 0.5) is 0 Å². The molecule has 0 radical (unpaired) electrons. The summed E-state index contributed by atoms with van der Waals surface area (Å²) in [6.07, 6.45) is 4.86. The molecular weight excluding hydrogens is 238 g/mol. The minimum absolute atomic E-state index is 0.254. The summed E-state index contributed by atoms with van der Waals surface area (Å²) in [5.41, 5.74) is 3.54. The van der Waals surface area contributed by atoms with Crippen LogP contribution in [0.25, 0.3) is 0 Å². The molecule has 0 aromatic carbocycles. The van der Waals surface area contributed by atoms with Gasteiger partial charge in [0.25, 0.3) is 0 Å². The molecule has 5 nitrogen and oxygen atoms in total. The lowest BCUT2D eigenvalue weighted by molar-refractivity contribution is 0.514. The average Bonchev–Trinajstić information content (AvgIpc) is 2.96. The standard InChI is InChI=1S/C14H23N5/c1-10(2)19-7-6-12(17-19)8-14(15-4)13-9-16-18(5)11(13)3/h6-7,9-10,14-15H,8H2,1-5H3. The number of nitrogens with zero attached hydrogens (tertiary/aromatic N) is 4. The summed E-state index contributed by atoms with van der Waals surface area (Å²) in [5, 5.41) is 12.3. The number of nitrogens with one attached hydrogen (secondary N) is 1. The van der Waals surface area contributed by atoms with E-state index in [-0.39, 0.29) is 6.04 Å². The quantitative estimate of drug-likeness (QED) is 0.895. The fraction of sp³-hybridized carbons (Fsp3) is 0.571. The highest BCUT2D eigenvalue weighted by atomic mass is 15.3. The Morgan fingerprint density at radius 3 is 2.58 bits per heavy atom. The molecule has 1 atom stereocenters. The molecule has 2 aromatic rings. The number of hydrogen-bond donors (Lipinski definition) is 1. The first-order valence-electron chi connectivity index (χ1n) is 6.72. The molecule has 2 rings (SSSR count). The van der Waals surface area contributed by atoms with E-state index in [1.165, 1.54) is 11.3 Å². The van der Waals surface area contributed by atoms with Crippen LogP contribution in [0.1, 0.15) is 42.9 Å². The zero-order valence-electron chi connectivity index (χ0n) is 12.4. The SMILES string of the molecule is CNC(Cc1ccn(C(C)C)n1)c1cnn(C)c1C. The number of likely N-dealkylation sites (N-methyl/N-ethyl adjacent to an activating group) is 1. The molecule has 1 N–H and O–H groups in total. The number of aryl methyl sites for hydroxylation is 1. The molecule has 2 aromatic heterocycles. The molecule has 0 amide bonds. The maximum absolute atomic E-state index is 4.61. The number of hydrogen-bond acceptors (Lipinski definition) is 3. The molecular formula is C14H23N5. The molecule has 5 heteroatoms. The van der Waals surface area contributed by atoms with Gasteiger partial charge < -0.3 is 5.32 Å². The lowest BCUT2D eigenvalue weighted by Gasteiger charge is -2.14. The van der Waals surface area contributed by atoms with E-state index in [9.17, 15) is 0 Å². The molecule has 0 aliphatic heterocycles. The van der Waals surface area contributed by atoms with Crippen molar-refractivity contribution in [3.8, 4) is 0 Å². The monoisotopic (exact) mass is 261 g/mol. The minimum atomic E-state index is 0.254. The fourth-order valence-corrected chi connectivity index (χ4v) is 2.21. The zero-order valence-corrected chi connectivity index (χ0v) is 12.4. The second-order valence-electron chi connectivity index (χ2n) is 5.24. The Hall–Kier alpha value is -1.62. The topological polar surface area (TPSA) is 47.7 Å². The lowest BCUT2D eigenvalue weighted by atomic mass is 10.0. The summed E-state index contributed by atoms with van der Waals surface area (Å²) in [6.45, 7) is 6.37. The first-order chi connectivity index (χ1) is 9.02. The van der Waals surface area contributed by atoms with Crippen molar-refractivity contribution >= 4 is 0 Å². The van der Waals surface area contributed by atoms with Gasteiger partial charge in [-0.15, -0.1) is 0 Å². The van der Waals surface area contributed by atoms with Gasteiger partial charge in [-0.05, 0) is 33.9 Å². The van der Waals surface area contributed by atoms with E-state index in [2.05, 4.69) is 42.4 Å². The largest absolute Gasteiger partial charge is 0.313 e. The zero-order chi connectivity index (χ0) is 14.0. The molecule has 0 fully saturated rings. The van der Waals surface area contributed by atoms with Crippen molar-refractivity contribution in [2.24, 2.45) is 7.05 Å². The summed E-state index contributed by atoms with van der Waals surface area (Å²) in [6, 6.07) is 2.75. The van der Waals surface area contributed by atoms with Crippen LogP contribution in [0.2, 0.25) is 0 Å². The van der Waals surface area contributed by atoms with Crippen molar-refractivity contribution in [3.05, 3.63) is 35.4 Å². The van der Waals surface area contributed by atoms with Gasteiger partial charge in [0.05, 0.1) is 11.9 Å². The third kappa shape index (κ3) is 2.87. The molecule has 0 spiro atoms. The van der Waals surface area contributed by atoms with Crippen LogP contribution in [0.3, 0.4) is 0 Å². The van der Waals surface area contributed by atoms with Gasteiger partial charge >= 0.3 is 0 Å². The van der Waals surface area contributed by atoms with E-state index in [0.717, 1.165) is 12.1 Å². The van der Waals surface area contributed by atoms with Crippen molar-refractivity contribution in [3.63, 3.8) is 0 Å². The van der Waals surface area contributed by atoms with E-state index in [0.29, 0.717) is 6.04 Å². The van der Waals surface area contributed by atoms with Crippen molar-refractivity contribution in [1.82, 2.24) is 24.9 Å². The molecule has 104 valence electrons. The second kappa shape index (κ2) is 5.57. The molecule has 0 aliphatic rings. The van der Waals surface area contributed by atoms with Gasteiger partial charge in [-0.25, -0.2) is 0 Å². The predicted molar refractivity (Wildman–Crippen MR) is 76.1 cm³/mol. The van der Waals surface area contributed by atoms with E-state index in [1.54, 1.807) is 0 Å². The summed E-state index contributed by atoms with van der Waals surface area (Å²) in [5.74, 6) is 0. The first-order valence-corrected chi connectivity index (χ1v) is 6.72. The summed E-state index contributed by atoms with van der Waals surface area (Å²) in [4.78, 5) is 0. The van der Waals surface area contributed by atoms with Gasteiger partial charge in [0.2, 0.25) is 0 Å². The summed E-state index contributed by atoms with van der Waals surface area (Å²) < 4.78 is 3.91. The van der Waals surface area contributed by atoms with Crippen LogP contribution in [-0.4, -0.2) is 26.6 Å².